The van der Waals surface area contributed by atoms with Crippen molar-refractivity contribution in [3.05, 3.63) is 64.1 Å². The molecule has 6 nitrogen and oxygen atoms in total. The van der Waals surface area contributed by atoms with Gasteiger partial charge in [-0.15, -0.1) is 0 Å². The predicted molar refractivity (Wildman–Crippen MR) is 86.7 cm³/mol. The van der Waals surface area contributed by atoms with Gasteiger partial charge in [-0.2, -0.15) is 0 Å². The number of aryl methyl sites for hydroxylation is 2. The maximum Gasteiger partial charge on any atom is 0.419 e. The Morgan fingerprint density at radius 3 is 2.70 bits per heavy atom. The lowest BCUT2D eigenvalue weighted by Crippen LogP contribution is -2.23. The van der Waals surface area contributed by atoms with Gasteiger partial charge in [0.2, 0.25) is 10.0 Å². The van der Waals surface area contributed by atoms with Gasteiger partial charge in [0.1, 0.15) is 0 Å². The van der Waals surface area contributed by atoms with Crippen LogP contribution in [0.1, 0.15) is 11.1 Å². The van der Waals surface area contributed by atoms with Crippen molar-refractivity contribution in [3.8, 4) is 0 Å². The molecule has 0 amide bonds. The number of sulfonamides is 1. The van der Waals surface area contributed by atoms with Crippen molar-refractivity contribution in [2.24, 2.45) is 7.05 Å². The summed E-state index contributed by atoms with van der Waals surface area (Å²) in [4.78, 5) is 11.7. The zero-order valence-electron chi connectivity index (χ0n) is 12.7. The first-order valence-corrected chi connectivity index (χ1v) is 8.50. The van der Waals surface area contributed by atoms with E-state index in [9.17, 15) is 13.2 Å². The average molecular weight is 332 g/mol. The van der Waals surface area contributed by atoms with Crippen molar-refractivity contribution in [2.75, 3.05) is 0 Å². The number of fused-ring (bicyclic) bond motifs is 1. The molecule has 1 aromatic heterocycles. The topological polar surface area (TPSA) is 81.3 Å². The Morgan fingerprint density at radius 2 is 1.96 bits per heavy atom. The number of rotatable bonds is 4. The van der Waals surface area contributed by atoms with Crippen LogP contribution in [0.5, 0.6) is 0 Å². The summed E-state index contributed by atoms with van der Waals surface area (Å²) in [6, 6.07) is 11.9. The van der Waals surface area contributed by atoms with Gasteiger partial charge in [-0.05, 0) is 42.3 Å². The minimum absolute atomic E-state index is 0.116. The second-order valence-corrected chi connectivity index (χ2v) is 7.14. The maximum atomic E-state index is 12.3. The number of nitrogens with zero attached hydrogens (tertiary/aromatic N) is 1. The zero-order valence-corrected chi connectivity index (χ0v) is 13.6. The normalized spacial score (nSPS) is 11.9. The number of oxazole rings is 1. The summed E-state index contributed by atoms with van der Waals surface area (Å²) in [5.41, 5.74) is 2.69. The van der Waals surface area contributed by atoms with Gasteiger partial charge in [-0.3, -0.25) is 4.57 Å². The van der Waals surface area contributed by atoms with Crippen LogP contribution in [0.3, 0.4) is 0 Å². The molecule has 0 saturated heterocycles. The van der Waals surface area contributed by atoms with Gasteiger partial charge in [0.25, 0.3) is 0 Å². The average Bonchev–Trinajstić information content (AvgIpc) is 2.80. The van der Waals surface area contributed by atoms with Crippen LogP contribution in [0, 0.1) is 6.92 Å². The minimum atomic E-state index is -3.58. The Morgan fingerprint density at radius 1 is 1.17 bits per heavy atom. The van der Waals surface area contributed by atoms with Crippen molar-refractivity contribution in [3.63, 3.8) is 0 Å². The van der Waals surface area contributed by atoms with Crippen LogP contribution in [-0.2, 0) is 23.6 Å². The Balaban J connectivity index is 1.84. The Labute approximate surface area is 133 Å². The number of hydrogen-bond donors (Lipinski definition) is 1. The Bertz CT molecular complexity index is 1030. The van der Waals surface area contributed by atoms with E-state index in [0.29, 0.717) is 16.7 Å². The van der Waals surface area contributed by atoms with E-state index < -0.39 is 15.8 Å². The molecule has 0 aliphatic rings. The molecule has 7 heteroatoms. The summed E-state index contributed by atoms with van der Waals surface area (Å²) in [5, 5.41) is 0. The van der Waals surface area contributed by atoms with Crippen LogP contribution in [-0.4, -0.2) is 13.0 Å². The fourth-order valence-corrected chi connectivity index (χ4v) is 3.45. The first-order chi connectivity index (χ1) is 10.9. The quantitative estimate of drug-likeness (QED) is 0.791. The molecular formula is C16H16N2O4S. The SMILES string of the molecule is Cc1cccc(S(=O)(=O)NCc2ccc3c(c2)oc(=O)n3C)c1. The third-order valence-electron chi connectivity index (χ3n) is 3.62. The molecule has 23 heavy (non-hydrogen) atoms. The maximum absolute atomic E-state index is 12.3. The lowest BCUT2D eigenvalue weighted by Gasteiger charge is -2.07. The highest BCUT2D eigenvalue weighted by Crippen LogP contribution is 2.15. The van der Waals surface area contributed by atoms with E-state index >= 15 is 0 Å². The molecule has 1 N–H and O–H groups in total. The number of benzene rings is 2. The van der Waals surface area contributed by atoms with Crippen molar-refractivity contribution in [2.45, 2.75) is 18.4 Å². The van der Waals surface area contributed by atoms with Gasteiger partial charge in [0.15, 0.2) is 5.58 Å². The molecule has 0 aliphatic heterocycles. The van der Waals surface area contributed by atoms with Gasteiger partial charge >= 0.3 is 5.76 Å². The molecule has 0 fully saturated rings. The smallest absolute Gasteiger partial charge is 0.408 e. The van der Waals surface area contributed by atoms with Crippen LogP contribution in [0.2, 0.25) is 0 Å². The standard InChI is InChI=1S/C16H16N2O4S/c1-11-4-3-5-13(8-11)23(20,21)17-10-12-6-7-14-15(9-12)22-16(19)18(14)2/h3-9,17H,10H2,1-2H3. The molecule has 1 heterocycles. The zero-order chi connectivity index (χ0) is 16.6. The molecule has 3 rings (SSSR count). The molecule has 0 unspecified atom stereocenters. The third-order valence-corrected chi connectivity index (χ3v) is 5.02. The molecule has 0 atom stereocenters. The Hall–Kier alpha value is -2.38. The number of hydrogen-bond acceptors (Lipinski definition) is 4. The van der Waals surface area contributed by atoms with Gasteiger partial charge in [-0.25, -0.2) is 17.9 Å². The summed E-state index contributed by atoms with van der Waals surface area (Å²) >= 11 is 0. The highest BCUT2D eigenvalue weighted by Gasteiger charge is 2.14. The molecule has 0 aliphatic carbocycles. The largest absolute Gasteiger partial charge is 0.419 e. The molecule has 120 valence electrons. The second-order valence-electron chi connectivity index (χ2n) is 5.37. The van der Waals surface area contributed by atoms with E-state index in [-0.39, 0.29) is 11.4 Å². The molecular weight excluding hydrogens is 316 g/mol. The molecule has 3 aromatic rings. The highest BCUT2D eigenvalue weighted by molar-refractivity contribution is 7.89. The van der Waals surface area contributed by atoms with E-state index in [1.165, 1.54) is 4.57 Å². The summed E-state index contributed by atoms with van der Waals surface area (Å²) in [5.74, 6) is -0.447. The van der Waals surface area contributed by atoms with Gasteiger partial charge in [-0.1, -0.05) is 18.2 Å². The van der Waals surface area contributed by atoms with Crippen molar-refractivity contribution >= 4 is 21.1 Å². The van der Waals surface area contributed by atoms with Crippen LogP contribution in [0.4, 0.5) is 0 Å². The van der Waals surface area contributed by atoms with Gasteiger partial charge in [0.05, 0.1) is 10.4 Å². The summed E-state index contributed by atoms with van der Waals surface area (Å²) < 4.78 is 33.6. The fourth-order valence-electron chi connectivity index (χ4n) is 2.33. The van der Waals surface area contributed by atoms with Crippen LogP contribution < -0.4 is 10.5 Å². The summed E-state index contributed by atoms with van der Waals surface area (Å²) in [7, 11) is -1.97. The van der Waals surface area contributed by atoms with E-state index in [1.807, 2.05) is 13.0 Å². The monoisotopic (exact) mass is 332 g/mol. The molecule has 0 saturated carbocycles. The van der Waals surface area contributed by atoms with E-state index in [4.69, 9.17) is 4.42 Å². The molecule has 0 spiro atoms. The van der Waals surface area contributed by atoms with Crippen LogP contribution >= 0.6 is 0 Å². The lowest BCUT2D eigenvalue weighted by atomic mass is 10.2. The first kappa shape index (κ1) is 15.5. The Kier molecular flexibility index (Phi) is 3.83. The minimum Gasteiger partial charge on any atom is -0.408 e. The van der Waals surface area contributed by atoms with Gasteiger partial charge < -0.3 is 4.42 Å². The van der Waals surface area contributed by atoms with E-state index in [1.54, 1.807) is 43.4 Å². The second kappa shape index (κ2) is 5.68. The predicted octanol–water partition coefficient (Wildman–Crippen LogP) is 1.92. The summed E-state index contributed by atoms with van der Waals surface area (Å²) in [6.45, 7) is 1.95. The fraction of sp³-hybridized carbons (Fsp3) is 0.188. The lowest BCUT2D eigenvalue weighted by molar-refractivity contribution is 0.527. The van der Waals surface area contributed by atoms with Crippen molar-refractivity contribution < 1.29 is 12.8 Å². The summed E-state index contributed by atoms with van der Waals surface area (Å²) in [6.07, 6.45) is 0. The highest BCUT2D eigenvalue weighted by atomic mass is 32.2. The van der Waals surface area contributed by atoms with E-state index in [0.717, 1.165) is 5.56 Å². The molecule has 2 aromatic carbocycles. The first-order valence-electron chi connectivity index (χ1n) is 7.01. The molecule has 0 radical (unpaired) electrons. The van der Waals surface area contributed by atoms with Gasteiger partial charge in [0, 0.05) is 13.6 Å². The van der Waals surface area contributed by atoms with Crippen molar-refractivity contribution in [1.29, 1.82) is 0 Å². The van der Waals surface area contributed by atoms with Crippen molar-refractivity contribution in [1.82, 2.24) is 9.29 Å². The van der Waals surface area contributed by atoms with Crippen LogP contribution in [0.15, 0.2) is 56.6 Å². The number of aromatic nitrogens is 1. The van der Waals surface area contributed by atoms with E-state index in [2.05, 4.69) is 4.72 Å². The van der Waals surface area contributed by atoms with Crippen LogP contribution in [0.25, 0.3) is 11.1 Å². The third kappa shape index (κ3) is 3.06. The molecule has 0 bridgehead atoms. The number of nitrogens with one attached hydrogen (secondary N) is 1.